The van der Waals surface area contributed by atoms with Gasteiger partial charge in [-0.3, -0.25) is 0 Å². The summed E-state index contributed by atoms with van der Waals surface area (Å²) in [5.41, 5.74) is 9.06. The minimum absolute atomic E-state index is 0.700. The van der Waals surface area contributed by atoms with E-state index in [-0.39, 0.29) is 0 Å². The molecule has 0 aromatic heterocycles. The van der Waals surface area contributed by atoms with Crippen LogP contribution in [0.15, 0.2) is 41.3 Å². The minimum atomic E-state index is 0.700. The van der Waals surface area contributed by atoms with Gasteiger partial charge < -0.3 is 5.73 Å². The Labute approximate surface area is 121 Å². The monoisotopic (exact) mass is 297 g/mol. The second-order valence-corrected chi connectivity index (χ2v) is 5.86. The highest BCUT2D eigenvalue weighted by Gasteiger charge is 2.05. The fraction of sp³-hybridized carbons (Fsp3) is 0.143. The maximum Gasteiger partial charge on any atom is 0.0543 e. The van der Waals surface area contributed by atoms with Crippen LogP contribution in [0.4, 0.5) is 5.69 Å². The van der Waals surface area contributed by atoms with Crippen LogP contribution in [0.2, 0.25) is 10.0 Å². The highest BCUT2D eigenvalue weighted by molar-refractivity contribution is 7.98. The zero-order chi connectivity index (χ0) is 13.1. The summed E-state index contributed by atoms with van der Waals surface area (Å²) in [5, 5.41) is 1.43. The van der Waals surface area contributed by atoms with Crippen molar-refractivity contribution in [2.45, 2.75) is 17.6 Å². The Morgan fingerprint density at radius 1 is 1.17 bits per heavy atom. The van der Waals surface area contributed by atoms with Crippen molar-refractivity contribution in [2.75, 3.05) is 5.73 Å². The van der Waals surface area contributed by atoms with Crippen LogP contribution in [0, 0.1) is 6.92 Å². The molecule has 0 unspecified atom stereocenters. The van der Waals surface area contributed by atoms with Crippen LogP contribution in [0.25, 0.3) is 0 Å². The van der Waals surface area contributed by atoms with Crippen molar-refractivity contribution in [2.24, 2.45) is 0 Å². The minimum Gasteiger partial charge on any atom is -0.399 e. The molecule has 0 saturated heterocycles. The number of hydrogen-bond donors (Lipinski definition) is 1. The zero-order valence-corrected chi connectivity index (χ0v) is 12.2. The van der Waals surface area contributed by atoms with Crippen LogP contribution in [0.1, 0.15) is 11.1 Å². The quantitative estimate of drug-likeness (QED) is 0.624. The van der Waals surface area contributed by atoms with E-state index in [1.165, 1.54) is 5.56 Å². The molecule has 0 radical (unpaired) electrons. The van der Waals surface area contributed by atoms with Crippen molar-refractivity contribution in [3.05, 3.63) is 57.6 Å². The lowest BCUT2D eigenvalue weighted by atomic mass is 10.1. The van der Waals surface area contributed by atoms with Crippen LogP contribution in [0.5, 0.6) is 0 Å². The number of halogens is 2. The Kier molecular flexibility index (Phi) is 4.44. The summed E-state index contributed by atoms with van der Waals surface area (Å²) >= 11 is 13.8. The highest BCUT2D eigenvalue weighted by atomic mass is 35.5. The van der Waals surface area contributed by atoms with E-state index in [4.69, 9.17) is 28.9 Å². The molecule has 94 valence electrons. The summed E-state index contributed by atoms with van der Waals surface area (Å²) in [7, 11) is 0. The van der Waals surface area contributed by atoms with Crippen molar-refractivity contribution in [3.63, 3.8) is 0 Å². The molecule has 0 aliphatic rings. The van der Waals surface area contributed by atoms with Gasteiger partial charge in [-0.05, 0) is 42.3 Å². The van der Waals surface area contributed by atoms with E-state index in [9.17, 15) is 0 Å². The van der Waals surface area contributed by atoms with Crippen molar-refractivity contribution < 1.29 is 0 Å². The molecular formula is C14H13Cl2NS. The molecule has 0 saturated carbocycles. The third-order valence-corrected chi connectivity index (χ3v) is 4.55. The normalized spacial score (nSPS) is 10.6. The molecule has 0 atom stereocenters. The predicted molar refractivity (Wildman–Crippen MR) is 81.6 cm³/mol. The van der Waals surface area contributed by atoms with Gasteiger partial charge in [0.2, 0.25) is 0 Å². The number of thioether (sulfide) groups is 1. The van der Waals surface area contributed by atoms with Crippen LogP contribution < -0.4 is 5.73 Å². The van der Waals surface area contributed by atoms with Crippen molar-refractivity contribution in [3.8, 4) is 0 Å². The van der Waals surface area contributed by atoms with E-state index in [2.05, 4.69) is 6.07 Å². The van der Waals surface area contributed by atoms with Gasteiger partial charge in [0.05, 0.1) is 5.02 Å². The Morgan fingerprint density at radius 2 is 1.94 bits per heavy atom. The number of rotatable bonds is 3. The van der Waals surface area contributed by atoms with Gasteiger partial charge in [0.1, 0.15) is 0 Å². The first-order valence-electron chi connectivity index (χ1n) is 5.50. The van der Waals surface area contributed by atoms with Gasteiger partial charge >= 0.3 is 0 Å². The molecule has 0 bridgehead atoms. The number of hydrogen-bond acceptors (Lipinski definition) is 2. The van der Waals surface area contributed by atoms with E-state index in [0.29, 0.717) is 5.02 Å². The van der Waals surface area contributed by atoms with E-state index in [1.54, 1.807) is 17.8 Å². The lowest BCUT2D eigenvalue weighted by Gasteiger charge is -2.09. The largest absolute Gasteiger partial charge is 0.399 e. The van der Waals surface area contributed by atoms with Crippen molar-refractivity contribution >= 4 is 40.7 Å². The first-order chi connectivity index (χ1) is 8.58. The zero-order valence-electron chi connectivity index (χ0n) is 9.91. The molecule has 2 aromatic rings. The van der Waals surface area contributed by atoms with E-state index in [1.807, 2.05) is 31.2 Å². The Bertz CT molecular complexity index is 568. The van der Waals surface area contributed by atoms with E-state index < -0.39 is 0 Å². The molecular weight excluding hydrogens is 285 g/mol. The topological polar surface area (TPSA) is 26.0 Å². The van der Waals surface area contributed by atoms with Crippen LogP contribution in [-0.2, 0) is 5.75 Å². The number of nitrogen functional groups attached to an aromatic ring is 1. The van der Waals surface area contributed by atoms with Gasteiger partial charge in [-0.25, -0.2) is 0 Å². The van der Waals surface area contributed by atoms with Crippen LogP contribution >= 0.6 is 35.0 Å². The Balaban J connectivity index is 2.16. The Morgan fingerprint density at radius 3 is 2.72 bits per heavy atom. The van der Waals surface area contributed by atoms with Crippen molar-refractivity contribution in [1.82, 2.24) is 0 Å². The summed E-state index contributed by atoms with van der Waals surface area (Å²) in [6.45, 7) is 2.03. The Hall–Kier alpha value is -0.830. The number of nitrogens with two attached hydrogens (primary N) is 1. The highest BCUT2D eigenvalue weighted by Crippen LogP contribution is 2.33. The maximum atomic E-state index is 6.13. The molecule has 0 heterocycles. The third kappa shape index (κ3) is 3.14. The fourth-order valence-corrected chi connectivity index (χ4v) is 3.16. The molecule has 2 rings (SSSR count). The summed E-state index contributed by atoms with van der Waals surface area (Å²) < 4.78 is 0. The molecule has 0 fully saturated rings. The van der Waals surface area contributed by atoms with E-state index in [0.717, 1.165) is 26.9 Å². The lowest BCUT2D eigenvalue weighted by Crippen LogP contribution is -1.93. The number of benzene rings is 2. The first kappa shape index (κ1) is 13.6. The molecule has 2 aromatic carbocycles. The summed E-state index contributed by atoms with van der Waals surface area (Å²) in [5.74, 6) is 0.830. The maximum absolute atomic E-state index is 6.13. The second-order valence-electron chi connectivity index (χ2n) is 3.99. The summed E-state index contributed by atoms with van der Waals surface area (Å²) in [4.78, 5) is 0.992. The average Bonchev–Trinajstić information content (AvgIpc) is 2.35. The van der Waals surface area contributed by atoms with Gasteiger partial charge in [0, 0.05) is 21.4 Å². The summed E-state index contributed by atoms with van der Waals surface area (Å²) in [6.07, 6.45) is 0. The van der Waals surface area contributed by atoms with Crippen molar-refractivity contribution in [1.29, 1.82) is 0 Å². The molecule has 0 spiro atoms. The molecule has 4 heteroatoms. The van der Waals surface area contributed by atoms with Crippen LogP contribution in [-0.4, -0.2) is 0 Å². The SMILES string of the molecule is Cc1c(N)cccc1CSc1cc(Cl)ccc1Cl. The molecule has 0 aliphatic heterocycles. The molecule has 0 aliphatic carbocycles. The summed E-state index contributed by atoms with van der Waals surface area (Å²) in [6, 6.07) is 11.5. The van der Waals surface area contributed by atoms with Crippen LogP contribution in [0.3, 0.4) is 0 Å². The van der Waals surface area contributed by atoms with Gasteiger partial charge in [0.15, 0.2) is 0 Å². The predicted octanol–water partition coefficient (Wildman–Crippen LogP) is 5.18. The van der Waals surface area contributed by atoms with Gasteiger partial charge in [-0.1, -0.05) is 35.3 Å². The molecule has 0 amide bonds. The average molecular weight is 298 g/mol. The van der Waals surface area contributed by atoms with E-state index >= 15 is 0 Å². The molecule has 2 N–H and O–H groups in total. The fourth-order valence-electron chi connectivity index (χ4n) is 1.60. The molecule has 1 nitrogen and oxygen atoms in total. The van der Waals surface area contributed by atoms with Gasteiger partial charge in [-0.2, -0.15) is 0 Å². The first-order valence-corrected chi connectivity index (χ1v) is 7.24. The standard InChI is InChI=1S/C14H13Cl2NS/c1-9-10(3-2-4-13(9)17)8-18-14-7-11(15)5-6-12(14)16/h2-7H,8,17H2,1H3. The smallest absolute Gasteiger partial charge is 0.0543 e. The third-order valence-electron chi connectivity index (χ3n) is 2.76. The van der Waals surface area contributed by atoms with Gasteiger partial charge in [0.25, 0.3) is 0 Å². The van der Waals surface area contributed by atoms with Gasteiger partial charge in [-0.15, -0.1) is 11.8 Å². The molecule has 18 heavy (non-hydrogen) atoms. The lowest BCUT2D eigenvalue weighted by molar-refractivity contribution is 1.30. The number of anilines is 1. The second kappa shape index (κ2) is 5.87.